The van der Waals surface area contributed by atoms with E-state index in [-0.39, 0.29) is 17.5 Å². The van der Waals surface area contributed by atoms with Gasteiger partial charge in [-0.05, 0) is 26.0 Å². The van der Waals surface area contributed by atoms with Crippen LogP contribution in [0.4, 0.5) is 20.3 Å². The van der Waals surface area contributed by atoms with E-state index in [0.717, 1.165) is 48.6 Å². The van der Waals surface area contributed by atoms with E-state index in [0.29, 0.717) is 13.1 Å². The Balaban J connectivity index is 1.61. The number of halogens is 2. The van der Waals surface area contributed by atoms with Gasteiger partial charge >= 0.3 is 0 Å². The van der Waals surface area contributed by atoms with E-state index in [2.05, 4.69) is 34.0 Å². The third-order valence-corrected chi connectivity index (χ3v) is 5.13. The van der Waals surface area contributed by atoms with Crippen molar-refractivity contribution in [3.8, 4) is 0 Å². The third kappa shape index (κ3) is 5.06. The summed E-state index contributed by atoms with van der Waals surface area (Å²) in [6, 6.07) is 4.53. The number of rotatable bonds is 5. The molecule has 2 heterocycles. The fourth-order valence-corrected chi connectivity index (χ4v) is 3.33. The molecule has 1 amide bonds. The van der Waals surface area contributed by atoms with Gasteiger partial charge in [0.05, 0.1) is 11.7 Å². The highest BCUT2D eigenvalue weighted by atomic mass is 19.1. The topological polar surface area (TPSA) is 61.4 Å². The summed E-state index contributed by atoms with van der Waals surface area (Å²) >= 11 is 0. The Kier molecular flexibility index (Phi) is 6.42. The number of nitrogens with zero attached hydrogens (tertiary/aromatic N) is 4. The lowest BCUT2D eigenvalue weighted by Crippen LogP contribution is -2.53. The van der Waals surface area contributed by atoms with E-state index in [1.807, 2.05) is 17.9 Å². The number of anilines is 2. The number of benzene rings is 1. The predicted molar refractivity (Wildman–Crippen MR) is 109 cm³/mol. The molecular weight excluding hydrogens is 376 g/mol. The monoisotopic (exact) mass is 403 g/mol. The fourth-order valence-electron chi connectivity index (χ4n) is 3.33. The standard InChI is InChI=1S/C21H27F2N5O/c1-13(2)20-24-14(3)11-19(26-20)28-9-7-27(8-10-28)15(4)21(29)25-18-12-16(22)5-6-17(18)23/h5-6,11-13,15H,7-10H2,1-4H3,(H,25,29). The third-order valence-electron chi connectivity index (χ3n) is 5.13. The van der Waals surface area contributed by atoms with Gasteiger partial charge in [0.2, 0.25) is 5.91 Å². The van der Waals surface area contributed by atoms with Crippen LogP contribution >= 0.6 is 0 Å². The summed E-state index contributed by atoms with van der Waals surface area (Å²) in [5.74, 6) is 0.373. The molecule has 0 aliphatic carbocycles. The van der Waals surface area contributed by atoms with Gasteiger partial charge in [-0.15, -0.1) is 0 Å². The molecule has 29 heavy (non-hydrogen) atoms. The molecule has 1 aromatic heterocycles. The van der Waals surface area contributed by atoms with Crippen molar-refractivity contribution in [1.29, 1.82) is 0 Å². The van der Waals surface area contributed by atoms with Crippen LogP contribution in [0.2, 0.25) is 0 Å². The summed E-state index contributed by atoms with van der Waals surface area (Å²) in [7, 11) is 0. The maximum absolute atomic E-state index is 13.8. The number of hydrogen-bond acceptors (Lipinski definition) is 5. The van der Waals surface area contributed by atoms with Crippen molar-refractivity contribution in [1.82, 2.24) is 14.9 Å². The van der Waals surface area contributed by atoms with Crippen LogP contribution in [-0.2, 0) is 4.79 Å². The molecule has 1 N–H and O–H groups in total. The molecule has 1 atom stereocenters. The summed E-state index contributed by atoms with van der Waals surface area (Å²) < 4.78 is 27.1. The highest BCUT2D eigenvalue weighted by molar-refractivity contribution is 5.94. The number of hydrogen-bond donors (Lipinski definition) is 1. The van der Waals surface area contributed by atoms with E-state index in [1.54, 1.807) is 6.92 Å². The van der Waals surface area contributed by atoms with Crippen LogP contribution < -0.4 is 10.2 Å². The van der Waals surface area contributed by atoms with Gasteiger partial charge in [-0.1, -0.05) is 13.8 Å². The van der Waals surface area contributed by atoms with Crippen molar-refractivity contribution in [2.24, 2.45) is 0 Å². The first-order valence-corrected chi connectivity index (χ1v) is 9.85. The molecule has 1 fully saturated rings. The quantitative estimate of drug-likeness (QED) is 0.830. The zero-order chi connectivity index (χ0) is 21.1. The van der Waals surface area contributed by atoms with Crippen LogP contribution in [0.1, 0.15) is 38.2 Å². The maximum atomic E-state index is 13.8. The Morgan fingerprint density at radius 1 is 1.07 bits per heavy atom. The Morgan fingerprint density at radius 3 is 2.41 bits per heavy atom. The Morgan fingerprint density at radius 2 is 1.76 bits per heavy atom. The van der Waals surface area contributed by atoms with E-state index in [9.17, 15) is 13.6 Å². The SMILES string of the molecule is Cc1cc(N2CCN(C(C)C(=O)Nc3cc(F)ccc3F)CC2)nc(C(C)C)n1. The lowest BCUT2D eigenvalue weighted by Gasteiger charge is -2.38. The smallest absolute Gasteiger partial charge is 0.241 e. The van der Waals surface area contributed by atoms with Crippen molar-refractivity contribution >= 4 is 17.4 Å². The largest absolute Gasteiger partial charge is 0.354 e. The average Bonchev–Trinajstić information content (AvgIpc) is 2.69. The van der Waals surface area contributed by atoms with Gasteiger partial charge in [0, 0.05) is 49.9 Å². The molecule has 8 heteroatoms. The molecule has 1 saturated heterocycles. The Labute approximate surface area is 169 Å². The number of carbonyl (C=O) groups is 1. The molecule has 2 aromatic rings. The van der Waals surface area contributed by atoms with E-state index >= 15 is 0 Å². The second-order valence-electron chi connectivity index (χ2n) is 7.69. The lowest BCUT2D eigenvalue weighted by molar-refractivity contribution is -0.120. The summed E-state index contributed by atoms with van der Waals surface area (Å²) in [5, 5.41) is 2.49. The normalized spacial score (nSPS) is 16.2. The maximum Gasteiger partial charge on any atom is 0.241 e. The van der Waals surface area contributed by atoms with Gasteiger partial charge < -0.3 is 10.2 Å². The first kappa shape index (κ1) is 21.1. The van der Waals surface area contributed by atoms with Crippen molar-refractivity contribution in [3.63, 3.8) is 0 Å². The molecule has 0 bridgehead atoms. The minimum absolute atomic E-state index is 0.141. The first-order chi connectivity index (χ1) is 13.7. The molecule has 0 radical (unpaired) electrons. The number of carbonyl (C=O) groups excluding carboxylic acids is 1. The lowest BCUT2D eigenvalue weighted by atomic mass is 10.2. The Hall–Kier alpha value is -2.61. The van der Waals surface area contributed by atoms with E-state index < -0.39 is 17.7 Å². The molecule has 1 aromatic carbocycles. The molecule has 3 rings (SSSR count). The fraction of sp³-hybridized carbons (Fsp3) is 0.476. The van der Waals surface area contributed by atoms with Crippen LogP contribution in [0.3, 0.4) is 0 Å². The number of amides is 1. The number of aromatic nitrogens is 2. The van der Waals surface area contributed by atoms with Crippen LogP contribution in [0, 0.1) is 18.6 Å². The van der Waals surface area contributed by atoms with E-state index in [4.69, 9.17) is 0 Å². The van der Waals surface area contributed by atoms with Gasteiger partial charge in [-0.3, -0.25) is 9.69 Å². The van der Waals surface area contributed by atoms with Crippen LogP contribution in [0.5, 0.6) is 0 Å². The highest BCUT2D eigenvalue weighted by Gasteiger charge is 2.27. The van der Waals surface area contributed by atoms with Crippen molar-refractivity contribution in [2.75, 3.05) is 36.4 Å². The molecule has 1 aliphatic rings. The molecule has 6 nitrogen and oxygen atoms in total. The van der Waals surface area contributed by atoms with Crippen molar-refractivity contribution in [3.05, 3.63) is 47.4 Å². The number of nitrogens with one attached hydrogen (secondary N) is 1. The Bertz CT molecular complexity index is 881. The molecule has 0 spiro atoms. The zero-order valence-corrected chi connectivity index (χ0v) is 17.2. The van der Waals surface area contributed by atoms with Crippen LogP contribution in [0.25, 0.3) is 0 Å². The van der Waals surface area contributed by atoms with Gasteiger partial charge in [0.25, 0.3) is 0 Å². The van der Waals surface area contributed by atoms with Gasteiger partial charge in [-0.2, -0.15) is 0 Å². The summed E-state index contributed by atoms with van der Waals surface area (Å²) in [5.41, 5.74) is 0.796. The first-order valence-electron chi connectivity index (χ1n) is 9.85. The zero-order valence-electron chi connectivity index (χ0n) is 17.2. The number of piperazine rings is 1. The molecule has 1 unspecified atom stereocenters. The second-order valence-corrected chi connectivity index (χ2v) is 7.69. The van der Waals surface area contributed by atoms with Crippen molar-refractivity contribution in [2.45, 2.75) is 39.7 Å². The van der Waals surface area contributed by atoms with Crippen LogP contribution in [-0.4, -0.2) is 53.0 Å². The average molecular weight is 403 g/mol. The minimum Gasteiger partial charge on any atom is -0.354 e. The van der Waals surface area contributed by atoms with E-state index in [1.165, 1.54) is 0 Å². The summed E-state index contributed by atoms with van der Waals surface area (Å²) in [4.78, 5) is 25.9. The van der Waals surface area contributed by atoms with Gasteiger partial charge in [-0.25, -0.2) is 18.7 Å². The number of aryl methyl sites for hydroxylation is 1. The molecule has 1 aliphatic heterocycles. The second kappa shape index (κ2) is 8.82. The van der Waals surface area contributed by atoms with Crippen molar-refractivity contribution < 1.29 is 13.6 Å². The molecule has 0 saturated carbocycles. The van der Waals surface area contributed by atoms with Gasteiger partial charge in [0.1, 0.15) is 23.3 Å². The van der Waals surface area contributed by atoms with Crippen LogP contribution in [0.15, 0.2) is 24.3 Å². The summed E-state index contributed by atoms with van der Waals surface area (Å²) in [6.45, 7) is 10.6. The minimum atomic E-state index is -0.656. The molecular formula is C21H27F2N5O. The van der Waals surface area contributed by atoms with Gasteiger partial charge in [0.15, 0.2) is 0 Å². The predicted octanol–water partition coefficient (Wildman–Crippen LogP) is 3.34. The molecule has 156 valence electrons. The highest BCUT2D eigenvalue weighted by Crippen LogP contribution is 2.20. The summed E-state index contributed by atoms with van der Waals surface area (Å²) in [6.07, 6.45) is 0.